The third-order valence-corrected chi connectivity index (χ3v) is 5.10. The number of hydrogen-bond donors (Lipinski definition) is 5. The zero-order chi connectivity index (χ0) is 21.8. The highest BCUT2D eigenvalue weighted by Gasteiger charge is 2.27. The van der Waals surface area contributed by atoms with Gasteiger partial charge < -0.3 is 30.1 Å². The van der Waals surface area contributed by atoms with Crippen molar-refractivity contribution in [3.63, 3.8) is 0 Å². The smallest absolute Gasteiger partial charge is 0.258 e. The zero-order valence-electron chi connectivity index (χ0n) is 17.1. The molecule has 8 nitrogen and oxygen atoms in total. The summed E-state index contributed by atoms with van der Waals surface area (Å²) in [5, 5.41) is 40.2. The van der Waals surface area contributed by atoms with Crippen molar-refractivity contribution < 1.29 is 30.0 Å². The molecule has 0 atom stereocenters. The Balaban J connectivity index is 1.65. The molecule has 3 rings (SSSR count). The summed E-state index contributed by atoms with van der Waals surface area (Å²) in [4.78, 5) is 14.7. The van der Waals surface area contributed by atoms with E-state index in [1.807, 2.05) is 32.0 Å². The van der Waals surface area contributed by atoms with Gasteiger partial charge in [-0.2, -0.15) is 0 Å². The predicted molar refractivity (Wildman–Crippen MR) is 110 cm³/mol. The molecule has 5 N–H and O–H groups in total. The van der Waals surface area contributed by atoms with Crippen LogP contribution >= 0.6 is 0 Å². The van der Waals surface area contributed by atoms with Gasteiger partial charge in [0.15, 0.2) is 0 Å². The minimum Gasteiger partial charge on any atom is -0.508 e. The molecule has 1 heterocycles. The van der Waals surface area contributed by atoms with E-state index < -0.39 is 6.41 Å². The van der Waals surface area contributed by atoms with Gasteiger partial charge in [-0.05, 0) is 47.2 Å². The Morgan fingerprint density at radius 3 is 2.53 bits per heavy atom. The van der Waals surface area contributed by atoms with Crippen molar-refractivity contribution in [2.75, 3.05) is 13.2 Å². The molecule has 2 aromatic rings. The van der Waals surface area contributed by atoms with E-state index in [2.05, 4.69) is 5.32 Å². The molecule has 0 saturated carbocycles. The summed E-state index contributed by atoms with van der Waals surface area (Å²) >= 11 is 0. The Hall–Kier alpha value is -2.81. The molecule has 0 aliphatic carbocycles. The number of phenols is 2. The number of aromatic hydroxyl groups is 2. The van der Waals surface area contributed by atoms with Gasteiger partial charge in [0.05, 0.1) is 12.2 Å². The van der Waals surface area contributed by atoms with Crippen LogP contribution in [0.4, 0.5) is 0 Å². The number of aliphatic hydroxyl groups excluding tert-OH is 1. The van der Waals surface area contributed by atoms with Crippen LogP contribution in [0.2, 0.25) is 0 Å². The fourth-order valence-corrected chi connectivity index (χ4v) is 3.50. The largest absolute Gasteiger partial charge is 0.508 e. The van der Waals surface area contributed by atoms with E-state index in [1.165, 1.54) is 6.07 Å². The van der Waals surface area contributed by atoms with Crippen LogP contribution in [0.3, 0.4) is 0 Å². The van der Waals surface area contributed by atoms with Crippen LogP contribution in [-0.4, -0.2) is 50.8 Å². The maximum Gasteiger partial charge on any atom is 0.258 e. The number of rotatable bonds is 8. The Morgan fingerprint density at radius 2 is 1.83 bits per heavy atom. The lowest BCUT2D eigenvalue weighted by molar-refractivity contribution is -0.0657. The first kappa shape index (κ1) is 21.9. The first-order chi connectivity index (χ1) is 14.3. The molecule has 0 bridgehead atoms. The molecule has 0 saturated heterocycles. The molecule has 1 aliphatic rings. The van der Waals surface area contributed by atoms with Gasteiger partial charge in [-0.3, -0.25) is 10.1 Å². The highest BCUT2D eigenvalue weighted by Crippen LogP contribution is 2.35. The van der Waals surface area contributed by atoms with Gasteiger partial charge in [-0.25, -0.2) is 0 Å². The second-order valence-electron chi connectivity index (χ2n) is 7.70. The number of benzene rings is 2. The first-order valence-corrected chi connectivity index (χ1v) is 9.95. The standard InChI is InChI=1S/C22H28N2O6/c1-13(2)17-9-18(20(26)10-19(17)25)21(27)24-11-14-4-5-16(8-15(14)12-24)30-7-3-6-23-22(28)29/h4-5,8-10,13,22-23,25-26,28-29H,3,6-7,11-12H2,1-2H3. The number of aliphatic hydroxyl groups is 2. The number of fused-ring (bicyclic) bond motifs is 1. The van der Waals surface area contributed by atoms with Crippen molar-refractivity contribution in [1.82, 2.24) is 10.2 Å². The summed E-state index contributed by atoms with van der Waals surface area (Å²) in [6.45, 7) is 5.50. The lowest BCUT2D eigenvalue weighted by atomic mass is 9.98. The molecule has 1 amide bonds. The van der Waals surface area contributed by atoms with E-state index in [9.17, 15) is 15.0 Å². The summed E-state index contributed by atoms with van der Waals surface area (Å²) in [6.07, 6.45) is -0.921. The second-order valence-corrected chi connectivity index (χ2v) is 7.70. The molecule has 0 fully saturated rings. The van der Waals surface area contributed by atoms with Crippen molar-refractivity contribution in [1.29, 1.82) is 0 Å². The number of ether oxygens (including phenoxy) is 1. The average molecular weight is 416 g/mol. The van der Waals surface area contributed by atoms with Gasteiger partial charge in [0.1, 0.15) is 17.2 Å². The molecule has 0 aromatic heterocycles. The Labute approximate surface area is 175 Å². The average Bonchev–Trinajstić information content (AvgIpc) is 3.10. The summed E-state index contributed by atoms with van der Waals surface area (Å²) in [6, 6.07) is 8.45. The molecular weight excluding hydrogens is 388 g/mol. The van der Waals surface area contributed by atoms with Crippen molar-refractivity contribution in [3.8, 4) is 17.2 Å². The summed E-state index contributed by atoms with van der Waals surface area (Å²) in [7, 11) is 0. The second kappa shape index (κ2) is 9.34. The maximum atomic E-state index is 13.0. The number of nitrogens with one attached hydrogen (secondary N) is 1. The van der Waals surface area contributed by atoms with Crippen LogP contribution in [0.25, 0.3) is 0 Å². The summed E-state index contributed by atoms with van der Waals surface area (Å²) in [5.41, 5.74) is 2.79. The quantitative estimate of drug-likeness (QED) is 0.329. The number of carbonyl (C=O) groups excluding carboxylic acids is 1. The van der Waals surface area contributed by atoms with Crippen LogP contribution in [0.1, 0.15) is 53.2 Å². The number of phenolic OH excluding ortho intramolecular Hbond substituents is 2. The SMILES string of the molecule is CC(C)c1cc(C(=O)N2Cc3ccc(OCCCNC(O)O)cc3C2)c(O)cc1O. The Morgan fingerprint density at radius 1 is 1.10 bits per heavy atom. The minimum absolute atomic E-state index is 0.0171. The molecule has 0 spiro atoms. The van der Waals surface area contributed by atoms with Crippen molar-refractivity contribution >= 4 is 5.91 Å². The van der Waals surface area contributed by atoms with E-state index in [0.29, 0.717) is 44.0 Å². The topological polar surface area (TPSA) is 122 Å². The van der Waals surface area contributed by atoms with Crippen LogP contribution < -0.4 is 10.1 Å². The Kier molecular flexibility index (Phi) is 6.81. The maximum absolute atomic E-state index is 13.0. The van der Waals surface area contributed by atoms with Gasteiger partial charge in [0.25, 0.3) is 5.91 Å². The van der Waals surface area contributed by atoms with E-state index in [1.54, 1.807) is 11.0 Å². The third-order valence-electron chi connectivity index (χ3n) is 5.10. The van der Waals surface area contributed by atoms with Gasteiger partial charge in [0.2, 0.25) is 6.41 Å². The molecule has 1 aliphatic heterocycles. The number of nitrogens with zero attached hydrogens (tertiary/aromatic N) is 1. The summed E-state index contributed by atoms with van der Waals surface area (Å²) in [5.74, 6) is 0.157. The summed E-state index contributed by atoms with van der Waals surface area (Å²) < 4.78 is 5.69. The molecule has 2 aromatic carbocycles. The normalized spacial score (nSPS) is 13.2. The van der Waals surface area contributed by atoms with Crippen LogP contribution in [0.15, 0.2) is 30.3 Å². The Bertz CT molecular complexity index is 913. The number of carbonyl (C=O) groups is 1. The van der Waals surface area contributed by atoms with Crippen molar-refractivity contribution in [3.05, 3.63) is 52.6 Å². The van der Waals surface area contributed by atoms with E-state index in [-0.39, 0.29) is 28.9 Å². The lowest BCUT2D eigenvalue weighted by Gasteiger charge is -2.18. The minimum atomic E-state index is -1.53. The molecule has 30 heavy (non-hydrogen) atoms. The fraction of sp³-hybridized carbons (Fsp3) is 0.409. The first-order valence-electron chi connectivity index (χ1n) is 9.95. The molecule has 8 heteroatoms. The van der Waals surface area contributed by atoms with Gasteiger partial charge >= 0.3 is 0 Å². The molecule has 0 radical (unpaired) electrons. The highest BCUT2D eigenvalue weighted by atomic mass is 16.5. The molecular formula is C22H28N2O6. The van der Waals surface area contributed by atoms with E-state index in [4.69, 9.17) is 14.9 Å². The highest BCUT2D eigenvalue weighted by molar-refractivity contribution is 5.97. The number of amides is 1. The number of hydrogen-bond acceptors (Lipinski definition) is 7. The van der Waals surface area contributed by atoms with Crippen molar-refractivity contribution in [2.45, 2.75) is 45.7 Å². The van der Waals surface area contributed by atoms with Crippen LogP contribution in [0, 0.1) is 0 Å². The fourth-order valence-electron chi connectivity index (χ4n) is 3.50. The van der Waals surface area contributed by atoms with E-state index in [0.717, 1.165) is 11.1 Å². The lowest BCUT2D eigenvalue weighted by Crippen LogP contribution is -2.29. The van der Waals surface area contributed by atoms with Crippen LogP contribution in [0.5, 0.6) is 17.2 Å². The molecule has 162 valence electrons. The van der Waals surface area contributed by atoms with Crippen LogP contribution in [-0.2, 0) is 13.1 Å². The van der Waals surface area contributed by atoms with Gasteiger partial charge in [-0.1, -0.05) is 19.9 Å². The predicted octanol–water partition coefficient (Wildman–Crippen LogP) is 2.00. The molecule has 0 unspecified atom stereocenters. The zero-order valence-corrected chi connectivity index (χ0v) is 17.1. The van der Waals surface area contributed by atoms with Crippen molar-refractivity contribution in [2.24, 2.45) is 0 Å². The van der Waals surface area contributed by atoms with E-state index >= 15 is 0 Å². The van der Waals surface area contributed by atoms with Gasteiger partial charge in [-0.15, -0.1) is 0 Å². The monoisotopic (exact) mass is 416 g/mol. The third kappa shape index (κ3) is 5.02. The van der Waals surface area contributed by atoms with Gasteiger partial charge in [0, 0.05) is 25.7 Å².